The van der Waals surface area contributed by atoms with Crippen LogP contribution in [-0.2, 0) is 9.63 Å². The lowest BCUT2D eigenvalue weighted by atomic mass is 10.1. The molecule has 0 heterocycles. The van der Waals surface area contributed by atoms with Crippen LogP contribution in [0.3, 0.4) is 0 Å². The predicted molar refractivity (Wildman–Crippen MR) is 62.4 cm³/mol. The van der Waals surface area contributed by atoms with Crippen molar-refractivity contribution in [3.8, 4) is 0 Å². The molecular formula is C12H18N2O2. The zero-order chi connectivity index (χ0) is 12.2. The van der Waals surface area contributed by atoms with E-state index >= 15 is 0 Å². The first-order chi connectivity index (χ1) is 7.40. The predicted octanol–water partition coefficient (Wildman–Crippen LogP) is 1.53. The summed E-state index contributed by atoms with van der Waals surface area (Å²) in [5.74, 6) is -0.346. The van der Waals surface area contributed by atoms with E-state index in [-0.39, 0.29) is 5.91 Å². The molecule has 0 radical (unpaired) electrons. The van der Waals surface area contributed by atoms with E-state index < -0.39 is 11.6 Å². The molecule has 0 aliphatic carbocycles. The first-order valence-corrected chi connectivity index (χ1v) is 5.18. The van der Waals surface area contributed by atoms with Gasteiger partial charge in [0.1, 0.15) is 6.04 Å². The molecule has 0 saturated carbocycles. The zero-order valence-corrected chi connectivity index (χ0v) is 9.86. The molecule has 0 aliphatic rings. The lowest BCUT2D eigenvalue weighted by Crippen LogP contribution is -2.39. The van der Waals surface area contributed by atoms with Gasteiger partial charge in [-0.05, 0) is 26.3 Å². The first kappa shape index (κ1) is 12.7. The van der Waals surface area contributed by atoms with Crippen LogP contribution >= 0.6 is 0 Å². The summed E-state index contributed by atoms with van der Waals surface area (Å²) in [7, 11) is 0. The summed E-state index contributed by atoms with van der Waals surface area (Å²) < 4.78 is 0. The van der Waals surface area contributed by atoms with Crippen LogP contribution in [0.5, 0.6) is 0 Å². The van der Waals surface area contributed by atoms with Crippen molar-refractivity contribution >= 4 is 5.91 Å². The highest BCUT2D eigenvalue weighted by atomic mass is 16.7. The average Bonchev–Trinajstić information content (AvgIpc) is 2.25. The van der Waals surface area contributed by atoms with Gasteiger partial charge in [0.25, 0.3) is 5.91 Å². The Hall–Kier alpha value is -1.39. The van der Waals surface area contributed by atoms with Crippen LogP contribution in [-0.4, -0.2) is 11.5 Å². The smallest absolute Gasteiger partial charge is 0.265 e. The van der Waals surface area contributed by atoms with Crippen molar-refractivity contribution in [1.29, 1.82) is 0 Å². The maximum absolute atomic E-state index is 11.6. The maximum atomic E-state index is 11.6. The molecule has 0 aromatic heterocycles. The van der Waals surface area contributed by atoms with Gasteiger partial charge < -0.3 is 5.73 Å². The molecule has 1 atom stereocenters. The summed E-state index contributed by atoms with van der Waals surface area (Å²) >= 11 is 0. The standard InChI is InChI=1S/C12H18N2O2/c1-12(2,3)16-14-11(15)10(13)9-7-5-4-6-8-9/h4-8,10H,13H2,1-3H3,(H,14,15)/t10-/m0/s1. The Morgan fingerprint density at radius 3 is 2.38 bits per heavy atom. The molecule has 4 heteroatoms. The highest BCUT2D eigenvalue weighted by Crippen LogP contribution is 2.10. The minimum Gasteiger partial charge on any atom is -0.316 e. The molecule has 1 aromatic rings. The van der Waals surface area contributed by atoms with E-state index in [4.69, 9.17) is 10.6 Å². The summed E-state index contributed by atoms with van der Waals surface area (Å²) in [5.41, 5.74) is 8.47. The average molecular weight is 222 g/mol. The minimum absolute atomic E-state index is 0.346. The van der Waals surface area contributed by atoms with E-state index in [1.807, 2.05) is 39.0 Å². The van der Waals surface area contributed by atoms with Crippen molar-refractivity contribution in [2.75, 3.05) is 0 Å². The summed E-state index contributed by atoms with van der Waals surface area (Å²) in [6.45, 7) is 5.55. The van der Waals surface area contributed by atoms with Gasteiger partial charge in [0.05, 0.1) is 5.60 Å². The molecule has 1 amide bonds. The molecular weight excluding hydrogens is 204 g/mol. The van der Waals surface area contributed by atoms with Gasteiger partial charge in [-0.2, -0.15) is 0 Å². The third-order valence-corrected chi connectivity index (χ3v) is 1.90. The fourth-order valence-electron chi connectivity index (χ4n) is 1.08. The van der Waals surface area contributed by atoms with Gasteiger partial charge in [-0.3, -0.25) is 9.63 Å². The van der Waals surface area contributed by atoms with E-state index in [1.54, 1.807) is 12.1 Å². The van der Waals surface area contributed by atoms with Gasteiger partial charge in [-0.15, -0.1) is 0 Å². The fourth-order valence-corrected chi connectivity index (χ4v) is 1.08. The molecule has 88 valence electrons. The van der Waals surface area contributed by atoms with Crippen LogP contribution < -0.4 is 11.2 Å². The number of carbonyl (C=O) groups is 1. The summed E-state index contributed by atoms with van der Waals surface area (Å²) in [6, 6.07) is 8.46. The summed E-state index contributed by atoms with van der Waals surface area (Å²) in [4.78, 5) is 16.8. The van der Waals surface area contributed by atoms with Gasteiger partial charge in [-0.1, -0.05) is 30.3 Å². The van der Waals surface area contributed by atoms with Crippen LogP contribution in [0.4, 0.5) is 0 Å². The molecule has 0 saturated heterocycles. The van der Waals surface area contributed by atoms with Crippen LogP contribution in [0.2, 0.25) is 0 Å². The largest absolute Gasteiger partial charge is 0.316 e. The number of amides is 1. The molecule has 1 aromatic carbocycles. The lowest BCUT2D eigenvalue weighted by molar-refractivity contribution is -0.147. The Morgan fingerprint density at radius 1 is 1.31 bits per heavy atom. The summed E-state index contributed by atoms with van der Waals surface area (Å²) in [5, 5.41) is 0. The van der Waals surface area contributed by atoms with E-state index in [1.165, 1.54) is 0 Å². The number of nitrogens with one attached hydrogen (secondary N) is 1. The van der Waals surface area contributed by atoms with Crippen LogP contribution in [0.1, 0.15) is 32.4 Å². The Balaban J connectivity index is 2.55. The van der Waals surface area contributed by atoms with E-state index in [0.717, 1.165) is 5.56 Å². The molecule has 1 rings (SSSR count). The van der Waals surface area contributed by atoms with Gasteiger partial charge >= 0.3 is 0 Å². The van der Waals surface area contributed by atoms with E-state index in [2.05, 4.69) is 5.48 Å². The summed E-state index contributed by atoms with van der Waals surface area (Å²) in [6.07, 6.45) is 0. The van der Waals surface area contributed by atoms with Crippen molar-refractivity contribution in [1.82, 2.24) is 5.48 Å². The van der Waals surface area contributed by atoms with Crippen LogP contribution in [0, 0.1) is 0 Å². The normalized spacial score (nSPS) is 13.2. The number of nitrogens with two attached hydrogens (primary N) is 1. The third kappa shape index (κ3) is 4.00. The second-order valence-electron chi connectivity index (χ2n) is 4.57. The molecule has 0 unspecified atom stereocenters. The monoisotopic (exact) mass is 222 g/mol. The molecule has 0 spiro atoms. The number of rotatable bonds is 3. The number of hydrogen-bond acceptors (Lipinski definition) is 3. The second kappa shape index (κ2) is 5.09. The highest BCUT2D eigenvalue weighted by Gasteiger charge is 2.18. The number of carbonyl (C=O) groups excluding carboxylic acids is 1. The fraction of sp³-hybridized carbons (Fsp3) is 0.417. The van der Waals surface area contributed by atoms with E-state index in [0.29, 0.717) is 0 Å². The topological polar surface area (TPSA) is 64.3 Å². The first-order valence-electron chi connectivity index (χ1n) is 5.18. The minimum atomic E-state index is -0.705. The zero-order valence-electron chi connectivity index (χ0n) is 9.86. The Morgan fingerprint density at radius 2 is 1.88 bits per heavy atom. The Bertz CT molecular complexity index is 344. The Kier molecular flexibility index (Phi) is 4.04. The van der Waals surface area contributed by atoms with Crippen molar-refractivity contribution in [3.63, 3.8) is 0 Å². The SMILES string of the molecule is CC(C)(C)ONC(=O)[C@@H](N)c1ccccc1. The van der Waals surface area contributed by atoms with Gasteiger partial charge in [0.2, 0.25) is 0 Å². The van der Waals surface area contributed by atoms with Crippen LogP contribution in [0.15, 0.2) is 30.3 Å². The highest BCUT2D eigenvalue weighted by molar-refractivity contribution is 5.81. The quantitative estimate of drug-likeness (QED) is 0.762. The maximum Gasteiger partial charge on any atom is 0.265 e. The second-order valence-corrected chi connectivity index (χ2v) is 4.57. The number of hydroxylamine groups is 1. The van der Waals surface area contributed by atoms with Gasteiger partial charge in [0.15, 0.2) is 0 Å². The van der Waals surface area contributed by atoms with Crippen LogP contribution in [0.25, 0.3) is 0 Å². The van der Waals surface area contributed by atoms with Gasteiger partial charge in [0, 0.05) is 0 Å². The van der Waals surface area contributed by atoms with Gasteiger partial charge in [-0.25, -0.2) is 5.48 Å². The van der Waals surface area contributed by atoms with E-state index in [9.17, 15) is 4.79 Å². The lowest BCUT2D eigenvalue weighted by Gasteiger charge is -2.20. The number of benzene rings is 1. The van der Waals surface area contributed by atoms with Crippen molar-refractivity contribution < 1.29 is 9.63 Å². The Labute approximate surface area is 95.7 Å². The molecule has 4 nitrogen and oxygen atoms in total. The molecule has 0 fully saturated rings. The van der Waals surface area contributed by atoms with Crippen molar-refractivity contribution in [2.45, 2.75) is 32.4 Å². The molecule has 16 heavy (non-hydrogen) atoms. The van der Waals surface area contributed by atoms with Crippen molar-refractivity contribution in [2.24, 2.45) is 5.73 Å². The molecule has 0 aliphatic heterocycles. The third-order valence-electron chi connectivity index (χ3n) is 1.90. The molecule has 0 bridgehead atoms. The molecule has 3 N–H and O–H groups in total. The number of hydrogen-bond donors (Lipinski definition) is 2. The van der Waals surface area contributed by atoms with Crippen molar-refractivity contribution in [3.05, 3.63) is 35.9 Å².